The van der Waals surface area contributed by atoms with Crippen molar-refractivity contribution in [3.8, 4) is 0 Å². The first-order valence-corrected chi connectivity index (χ1v) is 7.85. The van der Waals surface area contributed by atoms with Crippen LogP contribution in [-0.2, 0) is 6.54 Å². The van der Waals surface area contributed by atoms with E-state index in [0.717, 1.165) is 29.3 Å². The molecule has 1 saturated carbocycles. The molecule has 0 aliphatic heterocycles. The fourth-order valence-corrected chi connectivity index (χ4v) is 3.76. The Morgan fingerprint density at radius 1 is 1.56 bits per heavy atom. The highest BCUT2D eigenvalue weighted by atomic mass is 79.9. The molecule has 1 fully saturated rings. The van der Waals surface area contributed by atoms with Crippen LogP contribution in [-0.4, -0.2) is 16.8 Å². The van der Waals surface area contributed by atoms with Crippen molar-refractivity contribution in [3.05, 3.63) is 16.4 Å². The van der Waals surface area contributed by atoms with Gasteiger partial charge in [0.1, 0.15) is 0 Å². The maximum atomic E-state index is 4.49. The SMILES string of the molecule is CCCn1ncc(Br)c1C(NC)C1CCC(C)C1. The fraction of sp³-hybridized carbons (Fsp3) is 0.786. The van der Waals surface area contributed by atoms with E-state index >= 15 is 0 Å². The van der Waals surface area contributed by atoms with Gasteiger partial charge in [-0.2, -0.15) is 5.10 Å². The molecule has 1 aromatic heterocycles. The molecule has 1 heterocycles. The topological polar surface area (TPSA) is 29.9 Å². The van der Waals surface area contributed by atoms with Crippen LogP contribution in [0.15, 0.2) is 10.7 Å². The van der Waals surface area contributed by atoms with Gasteiger partial charge in [0, 0.05) is 6.54 Å². The summed E-state index contributed by atoms with van der Waals surface area (Å²) in [6.45, 7) is 5.57. The minimum absolute atomic E-state index is 0.429. The molecule has 0 bridgehead atoms. The van der Waals surface area contributed by atoms with Gasteiger partial charge in [0.25, 0.3) is 0 Å². The summed E-state index contributed by atoms with van der Waals surface area (Å²) in [5, 5.41) is 8.01. The van der Waals surface area contributed by atoms with Crippen molar-refractivity contribution in [1.29, 1.82) is 0 Å². The number of hydrogen-bond donors (Lipinski definition) is 1. The maximum Gasteiger partial charge on any atom is 0.0698 e. The van der Waals surface area contributed by atoms with E-state index in [-0.39, 0.29) is 0 Å². The van der Waals surface area contributed by atoms with Crippen LogP contribution >= 0.6 is 15.9 Å². The van der Waals surface area contributed by atoms with Crippen LogP contribution < -0.4 is 5.32 Å². The fourth-order valence-electron chi connectivity index (χ4n) is 3.22. The molecule has 1 aromatic rings. The predicted molar refractivity (Wildman–Crippen MR) is 78.5 cm³/mol. The second kappa shape index (κ2) is 6.20. The number of nitrogens with one attached hydrogen (secondary N) is 1. The molecule has 3 nitrogen and oxygen atoms in total. The standard InChI is InChI=1S/C14H24BrN3/c1-4-7-18-14(12(15)9-17-18)13(16-3)11-6-5-10(2)8-11/h9-11,13,16H,4-8H2,1-3H3. The molecule has 4 heteroatoms. The summed E-state index contributed by atoms with van der Waals surface area (Å²) < 4.78 is 3.31. The Labute approximate surface area is 118 Å². The predicted octanol–water partition coefficient (Wildman–Crippen LogP) is 3.75. The lowest BCUT2D eigenvalue weighted by Gasteiger charge is -2.24. The van der Waals surface area contributed by atoms with Gasteiger partial charge in [-0.05, 0) is 54.1 Å². The first-order valence-electron chi connectivity index (χ1n) is 7.05. The minimum Gasteiger partial charge on any atom is -0.311 e. The monoisotopic (exact) mass is 313 g/mol. The lowest BCUT2D eigenvalue weighted by atomic mass is 9.94. The highest BCUT2D eigenvalue weighted by molar-refractivity contribution is 9.10. The highest BCUT2D eigenvalue weighted by Gasteiger charge is 2.32. The Balaban J connectivity index is 2.23. The van der Waals surface area contributed by atoms with Crippen LogP contribution in [0.1, 0.15) is 51.3 Å². The third-order valence-electron chi connectivity index (χ3n) is 4.08. The molecule has 0 amide bonds. The molecule has 1 aliphatic rings. The van der Waals surface area contributed by atoms with Crippen molar-refractivity contribution < 1.29 is 0 Å². The van der Waals surface area contributed by atoms with Crippen LogP contribution in [0.4, 0.5) is 0 Å². The second-order valence-electron chi connectivity index (χ2n) is 5.55. The number of rotatable bonds is 5. The van der Waals surface area contributed by atoms with Crippen LogP contribution in [0.5, 0.6) is 0 Å². The zero-order valence-corrected chi connectivity index (χ0v) is 13.2. The van der Waals surface area contributed by atoms with E-state index in [1.54, 1.807) is 0 Å². The number of nitrogens with zero attached hydrogens (tertiary/aromatic N) is 2. The summed E-state index contributed by atoms with van der Waals surface area (Å²) in [5.41, 5.74) is 1.33. The van der Waals surface area contributed by atoms with Gasteiger partial charge in [-0.3, -0.25) is 4.68 Å². The molecule has 0 radical (unpaired) electrons. The van der Waals surface area contributed by atoms with Crippen molar-refractivity contribution in [2.75, 3.05) is 7.05 Å². The van der Waals surface area contributed by atoms with Crippen molar-refractivity contribution in [3.63, 3.8) is 0 Å². The minimum atomic E-state index is 0.429. The van der Waals surface area contributed by atoms with Crippen molar-refractivity contribution in [1.82, 2.24) is 15.1 Å². The lowest BCUT2D eigenvalue weighted by Crippen LogP contribution is -2.27. The molecule has 102 valence electrons. The number of halogens is 1. The molecule has 0 spiro atoms. The van der Waals surface area contributed by atoms with E-state index in [1.807, 2.05) is 6.20 Å². The number of aromatic nitrogens is 2. The Hall–Kier alpha value is -0.350. The van der Waals surface area contributed by atoms with Crippen LogP contribution in [0.25, 0.3) is 0 Å². The van der Waals surface area contributed by atoms with E-state index in [1.165, 1.54) is 25.0 Å². The summed E-state index contributed by atoms with van der Waals surface area (Å²) in [7, 11) is 2.07. The summed E-state index contributed by atoms with van der Waals surface area (Å²) in [4.78, 5) is 0. The Morgan fingerprint density at radius 2 is 2.33 bits per heavy atom. The molecule has 1 aliphatic carbocycles. The van der Waals surface area contributed by atoms with Crippen LogP contribution in [0, 0.1) is 11.8 Å². The van der Waals surface area contributed by atoms with Crippen molar-refractivity contribution >= 4 is 15.9 Å². The molecule has 1 N–H and O–H groups in total. The summed E-state index contributed by atoms with van der Waals surface area (Å²) in [5.74, 6) is 1.61. The molecule has 0 aromatic carbocycles. The molecule has 18 heavy (non-hydrogen) atoms. The van der Waals surface area contributed by atoms with Gasteiger partial charge < -0.3 is 5.32 Å². The lowest BCUT2D eigenvalue weighted by molar-refractivity contribution is 0.354. The van der Waals surface area contributed by atoms with Gasteiger partial charge in [-0.15, -0.1) is 0 Å². The average molecular weight is 314 g/mol. The zero-order valence-electron chi connectivity index (χ0n) is 11.6. The second-order valence-corrected chi connectivity index (χ2v) is 6.40. The normalized spacial score (nSPS) is 25.6. The molecule has 0 saturated heterocycles. The van der Waals surface area contributed by atoms with Crippen LogP contribution in [0.3, 0.4) is 0 Å². The number of hydrogen-bond acceptors (Lipinski definition) is 2. The number of aryl methyl sites for hydroxylation is 1. The van der Waals surface area contributed by atoms with E-state index in [4.69, 9.17) is 0 Å². The average Bonchev–Trinajstić information content (AvgIpc) is 2.91. The zero-order chi connectivity index (χ0) is 13.1. The first-order chi connectivity index (χ1) is 8.67. The van der Waals surface area contributed by atoms with Gasteiger partial charge in [0.2, 0.25) is 0 Å². The molecule has 3 atom stereocenters. The van der Waals surface area contributed by atoms with Gasteiger partial charge >= 0.3 is 0 Å². The van der Waals surface area contributed by atoms with Gasteiger partial charge in [0.05, 0.1) is 22.4 Å². The summed E-state index contributed by atoms with van der Waals surface area (Å²) in [6, 6.07) is 0.429. The Morgan fingerprint density at radius 3 is 2.89 bits per heavy atom. The van der Waals surface area contributed by atoms with E-state index < -0.39 is 0 Å². The Kier molecular flexibility index (Phi) is 4.84. The summed E-state index contributed by atoms with van der Waals surface area (Å²) in [6.07, 6.45) is 7.08. The van der Waals surface area contributed by atoms with Gasteiger partial charge in [-0.25, -0.2) is 0 Å². The Bertz CT molecular complexity index is 388. The van der Waals surface area contributed by atoms with Crippen molar-refractivity contribution in [2.45, 2.75) is 52.1 Å². The van der Waals surface area contributed by atoms with Crippen molar-refractivity contribution in [2.24, 2.45) is 11.8 Å². The molecular weight excluding hydrogens is 290 g/mol. The van der Waals surface area contributed by atoms with E-state index in [0.29, 0.717) is 6.04 Å². The van der Waals surface area contributed by atoms with E-state index in [9.17, 15) is 0 Å². The molecular formula is C14H24BrN3. The summed E-state index contributed by atoms with van der Waals surface area (Å²) >= 11 is 3.67. The van der Waals surface area contributed by atoms with Gasteiger partial charge in [0.15, 0.2) is 0 Å². The third kappa shape index (κ3) is 2.80. The largest absolute Gasteiger partial charge is 0.311 e. The van der Waals surface area contributed by atoms with Crippen LogP contribution in [0.2, 0.25) is 0 Å². The molecule has 2 rings (SSSR count). The van der Waals surface area contributed by atoms with E-state index in [2.05, 4.69) is 51.9 Å². The van der Waals surface area contributed by atoms with Gasteiger partial charge in [-0.1, -0.05) is 20.3 Å². The quantitative estimate of drug-likeness (QED) is 0.897. The molecule has 3 unspecified atom stereocenters. The first kappa shape index (κ1) is 14.1. The maximum absolute atomic E-state index is 4.49. The highest BCUT2D eigenvalue weighted by Crippen LogP contribution is 2.40. The smallest absolute Gasteiger partial charge is 0.0698 e. The third-order valence-corrected chi connectivity index (χ3v) is 4.69.